The van der Waals surface area contributed by atoms with Gasteiger partial charge in [0, 0.05) is 41.4 Å². The summed E-state index contributed by atoms with van der Waals surface area (Å²) in [5, 5.41) is 15.6. The number of rotatable bonds is 4. The largest absolute Gasteiger partial charge is 0.496 e. The van der Waals surface area contributed by atoms with Crippen LogP contribution in [0.2, 0.25) is 0 Å². The zero-order valence-corrected chi connectivity index (χ0v) is 15.4. The first kappa shape index (κ1) is 17.2. The lowest BCUT2D eigenvalue weighted by Gasteiger charge is -2.13. The fraction of sp³-hybridized carbons (Fsp3) is 0.190. The highest BCUT2D eigenvalue weighted by Crippen LogP contribution is 2.36. The van der Waals surface area contributed by atoms with Crippen LogP contribution in [0, 0.1) is 0 Å². The summed E-state index contributed by atoms with van der Waals surface area (Å²) in [5.74, 6) is 0.608. The number of hydrogen-bond donors (Lipinski definition) is 1. The molecule has 136 valence electrons. The molecule has 0 aliphatic rings. The summed E-state index contributed by atoms with van der Waals surface area (Å²) in [7, 11) is 3.48. The first-order valence-corrected chi connectivity index (χ1v) is 8.68. The molecule has 0 saturated carbocycles. The summed E-state index contributed by atoms with van der Waals surface area (Å²) in [5.41, 5.74) is 5.02. The number of hydrogen-bond acceptors (Lipinski definition) is 5. The van der Waals surface area contributed by atoms with Crippen LogP contribution in [0.25, 0.3) is 33.4 Å². The minimum absolute atomic E-state index is 0.608. The van der Waals surface area contributed by atoms with Crippen molar-refractivity contribution in [3.8, 4) is 28.3 Å². The topological polar surface area (TPSA) is 73.1 Å². The Morgan fingerprint density at radius 2 is 1.85 bits per heavy atom. The van der Waals surface area contributed by atoms with Gasteiger partial charge in [0.15, 0.2) is 0 Å². The molecule has 2 aromatic heterocycles. The highest BCUT2D eigenvalue weighted by molar-refractivity contribution is 5.96. The zero-order chi connectivity index (χ0) is 19.0. The quantitative estimate of drug-likeness (QED) is 0.600. The third-order valence-electron chi connectivity index (χ3n) is 4.57. The number of aromatic nitrogens is 4. The van der Waals surface area contributed by atoms with Gasteiger partial charge in [-0.3, -0.25) is 4.68 Å². The fourth-order valence-electron chi connectivity index (χ4n) is 3.29. The molecule has 0 fully saturated rings. The standard InChI is InChI=1S/C21H20N4O2/c1-13(26)15-9-16-18(10-19(15)27-3)22-12-23-21(16)17-11-25(2)24-20(17)14-7-5-4-6-8-14/h4-13,26H,1-3H3. The number of fused-ring (bicyclic) bond motifs is 1. The SMILES string of the molecule is COc1cc2ncnc(-c3cn(C)nc3-c3ccccc3)c2cc1C(C)O. The van der Waals surface area contributed by atoms with Crippen molar-refractivity contribution < 1.29 is 9.84 Å². The molecule has 6 heteroatoms. The summed E-state index contributed by atoms with van der Waals surface area (Å²) < 4.78 is 7.20. The van der Waals surface area contributed by atoms with E-state index in [2.05, 4.69) is 15.1 Å². The summed E-state index contributed by atoms with van der Waals surface area (Å²) in [6.07, 6.45) is 2.83. The highest BCUT2D eigenvalue weighted by Gasteiger charge is 2.19. The van der Waals surface area contributed by atoms with Crippen LogP contribution in [0.3, 0.4) is 0 Å². The van der Waals surface area contributed by atoms with Crippen LogP contribution >= 0.6 is 0 Å². The molecule has 0 aliphatic carbocycles. The van der Waals surface area contributed by atoms with Crippen molar-refractivity contribution >= 4 is 10.9 Å². The maximum Gasteiger partial charge on any atom is 0.126 e. The molecule has 6 nitrogen and oxygen atoms in total. The van der Waals surface area contributed by atoms with Crippen molar-refractivity contribution in [2.24, 2.45) is 7.05 Å². The average molecular weight is 360 g/mol. The Balaban J connectivity index is 1.99. The van der Waals surface area contributed by atoms with Crippen LogP contribution < -0.4 is 4.74 Å². The Labute approximate surface area is 157 Å². The van der Waals surface area contributed by atoms with E-state index in [1.807, 2.05) is 55.7 Å². The van der Waals surface area contributed by atoms with E-state index in [-0.39, 0.29) is 0 Å². The second kappa shape index (κ2) is 6.81. The van der Waals surface area contributed by atoms with Crippen LogP contribution in [0.4, 0.5) is 0 Å². The zero-order valence-electron chi connectivity index (χ0n) is 15.4. The van der Waals surface area contributed by atoms with Gasteiger partial charge in [-0.15, -0.1) is 0 Å². The fourth-order valence-corrected chi connectivity index (χ4v) is 3.29. The molecule has 2 heterocycles. The summed E-state index contributed by atoms with van der Waals surface area (Å²) in [6.45, 7) is 1.71. The van der Waals surface area contributed by atoms with Crippen molar-refractivity contribution in [3.05, 3.63) is 60.6 Å². The molecule has 27 heavy (non-hydrogen) atoms. The monoisotopic (exact) mass is 360 g/mol. The number of aliphatic hydroxyl groups is 1. The lowest BCUT2D eigenvalue weighted by Crippen LogP contribution is -1.99. The second-order valence-electron chi connectivity index (χ2n) is 6.44. The summed E-state index contributed by atoms with van der Waals surface area (Å²) >= 11 is 0. The molecule has 4 rings (SSSR count). The van der Waals surface area contributed by atoms with Gasteiger partial charge in [0.2, 0.25) is 0 Å². The van der Waals surface area contributed by atoms with Gasteiger partial charge in [0.25, 0.3) is 0 Å². The van der Waals surface area contributed by atoms with Gasteiger partial charge in [0.05, 0.1) is 24.4 Å². The van der Waals surface area contributed by atoms with Gasteiger partial charge in [-0.2, -0.15) is 5.10 Å². The van der Waals surface area contributed by atoms with Gasteiger partial charge in [-0.05, 0) is 13.0 Å². The van der Waals surface area contributed by atoms with Crippen LogP contribution in [-0.4, -0.2) is 32.0 Å². The highest BCUT2D eigenvalue weighted by atomic mass is 16.5. The predicted molar refractivity (Wildman–Crippen MR) is 104 cm³/mol. The third-order valence-corrected chi connectivity index (χ3v) is 4.57. The minimum atomic E-state index is -0.667. The van der Waals surface area contributed by atoms with Crippen molar-refractivity contribution in [3.63, 3.8) is 0 Å². The second-order valence-corrected chi connectivity index (χ2v) is 6.44. The molecule has 2 aromatic carbocycles. The Kier molecular flexibility index (Phi) is 4.33. The molecule has 4 aromatic rings. The molecule has 0 spiro atoms. The van der Waals surface area contributed by atoms with Gasteiger partial charge in [0.1, 0.15) is 17.8 Å². The first-order valence-electron chi connectivity index (χ1n) is 8.68. The first-order chi connectivity index (χ1) is 13.1. The predicted octanol–water partition coefficient (Wildman–Crippen LogP) is 3.76. The maximum absolute atomic E-state index is 10.2. The number of benzene rings is 2. The third kappa shape index (κ3) is 3.04. The van der Waals surface area contributed by atoms with Crippen LogP contribution in [0.15, 0.2) is 55.0 Å². The van der Waals surface area contributed by atoms with Crippen molar-refractivity contribution in [1.82, 2.24) is 19.7 Å². The van der Waals surface area contributed by atoms with Crippen molar-refractivity contribution in [2.75, 3.05) is 7.11 Å². The van der Waals surface area contributed by atoms with Gasteiger partial charge in [-0.1, -0.05) is 30.3 Å². The number of methoxy groups -OCH3 is 1. The molecule has 0 bridgehead atoms. The molecule has 0 saturated heterocycles. The van der Waals surface area contributed by atoms with Gasteiger partial charge in [-0.25, -0.2) is 9.97 Å². The van der Waals surface area contributed by atoms with Crippen LogP contribution in [-0.2, 0) is 7.05 Å². The van der Waals surface area contributed by atoms with Crippen LogP contribution in [0.5, 0.6) is 5.75 Å². The van der Waals surface area contributed by atoms with Crippen molar-refractivity contribution in [1.29, 1.82) is 0 Å². The number of aliphatic hydroxyl groups excluding tert-OH is 1. The van der Waals surface area contributed by atoms with E-state index in [4.69, 9.17) is 4.74 Å². The normalized spacial score (nSPS) is 12.3. The molecular formula is C21H20N4O2. The number of nitrogens with zero attached hydrogens (tertiary/aromatic N) is 4. The lowest BCUT2D eigenvalue weighted by molar-refractivity contribution is 0.194. The number of ether oxygens (including phenoxy) is 1. The van der Waals surface area contributed by atoms with Crippen LogP contribution in [0.1, 0.15) is 18.6 Å². The molecule has 0 radical (unpaired) electrons. The van der Waals surface area contributed by atoms with Gasteiger partial charge < -0.3 is 9.84 Å². The van der Waals surface area contributed by atoms with E-state index >= 15 is 0 Å². The van der Waals surface area contributed by atoms with E-state index < -0.39 is 6.10 Å². The summed E-state index contributed by atoms with van der Waals surface area (Å²) in [4.78, 5) is 8.93. The lowest BCUT2D eigenvalue weighted by atomic mass is 10.00. The molecule has 1 atom stereocenters. The van der Waals surface area contributed by atoms with E-state index in [9.17, 15) is 5.11 Å². The molecule has 0 amide bonds. The van der Waals surface area contributed by atoms with Gasteiger partial charge >= 0.3 is 0 Å². The average Bonchev–Trinajstić information content (AvgIpc) is 3.08. The number of aryl methyl sites for hydroxylation is 1. The smallest absolute Gasteiger partial charge is 0.126 e. The minimum Gasteiger partial charge on any atom is -0.496 e. The van der Waals surface area contributed by atoms with E-state index in [0.29, 0.717) is 11.3 Å². The Morgan fingerprint density at radius 3 is 2.56 bits per heavy atom. The Morgan fingerprint density at radius 1 is 1.07 bits per heavy atom. The molecule has 1 unspecified atom stereocenters. The van der Waals surface area contributed by atoms with E-state index in [0.717, 1.165) is 33.4 Å². The Hall–Kier alpha value is -3.25. The molecule has 1 N–H and O–H groups in total. The van der Waals surface area contributed by atoms with Crippen molar-refractivity contribution in [2.45, 2.75) is 13.0 Å². The van der Waals surface area contributed by atoms with E-state index in [1.54, 1.807) is 25.0 Å². The maximum atomic E-state index is 10.2. The van der Waals surface area contributed by atoms with E-state index in [1.165, 1.54) is 0 Å². The molecule has 0 aliphatic heterocycles. The summed E-state index contributed by atoms with van der Waals surface area (Å²) in [6, 6.07) is 13.7. The molecular weight excluding hydrogens is 340 g/mol. The Bertz CT molecular complexity index is 1100.